The van der Waals surface area contributed by atoms with Crippen molar-refractivity contribution < 1.29 is 5.11 Å². The van der Waals surface area contributed by atoms with E-state index in [0.29, 0.717) is 11.6 Å². The highest BCUT2D eigenvalue weighted by Crippen LogP contribution is 2.24. The highest BCUT2D eigenvalue weighted by atomic mass is 35.5. The van der Waals surface area contributed by atoms with E-state index in [2.05, 4.69) is 5.32 Å². The molecule has 66 valence electrons. The first kappa shape index (κ1) is 9.36. The van der Waals surface area contributed by atoms with E-state index in [1.54, 1.807) is 18.2 Å². The molecule has 2 N–H and O–H groups in total. The van der Waals surface area contributed by atoms with Gasteiger partial charge < -0.3 is 10.4 Å². The van der Waals surface area contributed by atoms with Crippen LogP contribution >= 0.6 is 11.6 Å². The predicted octanol–water partition coefficient (Wildman–Crippen LogP) is 2.16. The highest BCUT2D eigenvalue weighted by molar-refractivity contribution is 6.31. The quantitative estimate of drug-likeness (QED) is 0.757. The third-order valence-electron chi connectivity index (χ3n) is 1.65. The van der Waals surface area contributed by atoms with E-state index in [9.17, 15) is 5.11 Å². The molecule has 0 aliphatic heterocycles. The monoisotopic (exact) mass is 185 g/mol. The minimum atomic E-state index is 0.253. The molecule has 3 heteroatoms. The molecule has 0 amide bonds. The lowest BCUT2D eigenvalue weighted by Crippen LogP contribution is -2.12. The topological polar surface area (TPSA) is 32.3 Å². The van der Waals surface area contributed by atoms with Crippen molar-refractivity contribution in [1.29, 1.82) is 0 Å². The molecule has 0 saturated heterocycles. The lowest BCUT2D eigenvalue weighted by Gasteiger charge is -2.06. The fraction of sp³-hybridized carbons (Fsp3) is 0.333. The molecular weight excluding hydrogens is 174 g/mol. The van der Waals surface area contributed by atoms with Crippen molar-refractivity contribution >= 4 is 11.6 Å². The van der Waals surface area contributed by atoms with Gasteiger partial charge in [0, 0.05) is 17.1 Å². The maximum Gasteiger partial charge on any atom is 0.121 e. The summed E-state index contributed by atoms with van der Waals surface area (Å²) in [7, 11) is 0. The summed E-state index contributed by atoms with van der Waals surface area (Å²) in [6.45, 7) is 3.49. The average Bonchev–Trinajstić information content (AvgIpc) is 2.04. The second-order valence-corrected chi connectivity index (χ2v) is 2.93. The van der Waals surface area contributed by atoms with E-state index in [-0.39, 0.29) is 5.75 Å². The first-order valence-corrected chi connectivity index (χ1v) is 4.30. The van der Waals surface area contributed by atoms with Crippen LogP contribution in [0.15, 0.2) is 18.2 Å². The molecular formula is C9H12ClNO. The van der Waals surface area contributed by atoms with Gasteiger partial charge in [0.2, 0.25) is 0 Å². The van der Waals surface area contributed by atoms with Crippen LogP contribution in [-0.2, 0) is 6.54 Å². The van der Waals surface area contributed by atoms with Gasteiger partial charge in [0.15, 0.2) is 0 Å². The van der Waals surface area contributed by atoms with Gasteiger partial charge in [0.05, 0.1) is 0 Å². The van der Waals surface area contributed by atoms with Gasteiger partial charge in [-0.05, 0) is 18.7 Å². The van der Waals surface area contributed by atoms with Gasteiger partial charge in [-0.1, -0.05) is 24.6 Å². The van der Waals surface area contributed by atoms with Gasteiger partial charge in [-0.15, -0.1) is 0 Å². The van der Waals surface area contributed by atoms with Crippen LogP contribution in [0.5, 0.6) is 5.75 Å². The van der Waals surface area contributed by atoms with Crippen molar-refractivity contribution in [2.75, 3.05) is 6.54 Å². The molecule has 0 saturated carbocycles. The van der Waals surface area contributed by atoms with E-state index in [1.165, 1.54) is 0 Å². The Labute approximate surface area is 77.2 Å². The van der Waals surface area contributed by atoms with Crippen LogP contribution in [0.25, 0.3) is 0 Å². The zero-order chi connectivity index (χ0) is 8.97. The van der Waals surface area contributed by atoms with Gasteiger partial charge in [0.1, 0.15) is 5.75 Å². The summed E-state index contributed by atoms with van der Waals surface area (Å²) in [4.78, 5) is 0. The van der Waals surface area contributed by atoms with Crippen LogP contribution < -0.4 is 5.32 Å². The Morgan fingerprint density at radius 2 is 2.25 bits per heavy atom. The van der Waals surface area contributed by atoms with E-state index in [4.69, 9.17) is 11.6 Å². The molecule has 1 aromatic carbocycles. The molecule has 0 aromatic heterocycles. The molecule has 0 radical (unpaired) electrons. The number of phenolic OH excluding ortho intramolecular Hbond substituents is 1. The van der Waals surface area contributed by atoms with Crippen molar-refractivity contribution in [2.45, 2.75) is 13.5 Å². The van der Waals surface area contributed by atoms with E-state index < -0.39 is 0 Å². The van der Waals surface area contributed by atoms with Crippen molar-refractivity contribution in [3.05, 3.63) is 28.8 Å². The highest BCUT2D eigenvalue weighted by Gasteiger charge is 2.03. The predicted molar refractivity (Wildman–Crippen MR) is 50.5 cm³/mol. The Morgan fingerprint density at radius 1 is 1.50 bits per heavy atom. The molecule has 0 atom stereocenters. The zero-order valence-electron chi connectivity index (χ0n) is 6.97. The smallest absolute Gasteiger partial charge is 0.121 e. The Bertz CT molecular complexity index is 242. The first-order valence-electron chi connectivity index (χ1n) is 3.92. The Hall–Kier alpha value is -0.730. The molecule has 0 aliphatic carbocycles. The summed E-state index contributed by atoms with van der Waals surface area (Å²) in [5.74, 6) is 0.253. The summed E-state index contributed by atoms with van der Waals surface area (Å²) >= 11 is 5.87. The third-order valence-corrected chi connectivity index (χ3v) is 2.00. The number of rotatable bonds is 3. The number of hydrogen-bond donors (Lipinski definition) is 2. The van der Waals surface area contributed by atoms with Gasteiger partial charge in [-0.25, -0.2) is 0 Å². The average molecular weight is 186 g/mol. The van der Waals surface area contributed by atoms with Crippen LogP contribution in [0.1, 0.15) is 12.5 Å². The van der Waals surface area contributed by atoms with Crippen LogP contribution in [0.3, 0.4) is 0 Å². The number of aromatic hydroxyl groups is 1. The normalized spacial score (nSPS) is 10.2. The van der Waals surface area contributed by atoms with Crippen molar-refractivity contribution in [2.24, 2.45) is 0 Å². The standard InChI is InChI=1S/C9H12ClNO/c1-2-11-6-7-8(10)4-3-5-9(7)12/h3-5,11-12H,2,6H2,1H3. The second-order valence-electron chi connectivity index (χ2n) is 2.52. The molecule has 0 aliphatic rings. The summed E-state index contributed by atoms with van der Waals surface area (Å²) in [5, 5.41) is 13.1. The number of hydrogen-bond acceptors (Lipinski definition) is 2. The fourth-order valence-corrected chi connectivity index (χ4v) is 1.21. The van der Waals surface area contributed by atoms with Crippen molar-refractivity contribution in [3.63, 3.8) is 0 Å². The molecule has 0 bridgehead atoms. The largest absolute Gasteiger partial charge is 0.508 e. The van der Waals surface area contributed by atoms with Gasteiger partial charge in [0.25, 0.3) is 0 Å². The maximum absolute atomic E-state index is 9.39. The molecule has 0 fully saturated rings. The maximum atomic E-state index is 9.39. The van der Waals surface area contributed by atoms with Gasteiger partial charge >= 0.3 is 0 Å². The number of nitrogens with one attached hydrogen (secondary N) is 1. The van der Waals surface area contributed by atoms with Crippen LogP contribution in [0, 0.1) is 0 Å². The second kappa shape index (κ2) is 4.33. The third kappa shape index (κ3) is 2.13. The van der Waals surface area contributed by atoms with Crippen LogP contribution in [0.2, 0.25) is 5.02 Å². The molecule has 12 heavy (non-hydrogen) atoms. The lowest BCUT2D eigenvalue weighted by atomic mass is 10.2. The Morgan fingerprint density at radius 3 is 2.83 bits per heavy atom. The van der Waals surface area contributed by atoms with Crippen LogP contribution in [0.4, 0.5) is 0 Å². The number of benzene rings is 1. The molecule has 0 heterocycles. The molecule has 0 spiro atoms. The lowest BCUT2D eigenvalue weighted by molar-refractivity contribution is 0.465. The zero-order valence-corrected chi connectivity index (χ0v) is 7.73. The first-order chi connectivity index (χ1) is 5.75. The van der Waals surface area contributed by atoms with E-state index in [0.717, 1.165) is 12.1 Å². The molecule has 2 nitrogen and oxygen atoms in total. The Balaban J connectivity index is 2.81. The fourth-order valence-electron chi connectivity index (χ4n) is 0.972. The van der Waals surface area contributed by atoms with Crippen molar-refractivity contribution in [3.8, 4) is 5.75 Å². The van der Waals surface area contributed by atoms with E-state index in [1.807, 2.05) is 6.92 Å². The Kier molecular flexibility index (Phi) is 3.38. The van der Waals surface area contributed by atoms with E-state index >= 15 is 0 Å². The minimum Gasteiger partial charge on any atom is -0.508 e. The summed E-state index contributed by atoms with van der Waals surface area (Å²) < 4.78 is 0. The summed E-state index contributed by atoms with van der Waals surface area (Å²) in [6, 6.07) is 5.14. The minimum absolute atomic E-state index is 0.253. The van der Waals surface area contributed by atoms with Crippen LogP contribution in [-0.4, -0.2) is 11.7 Å². The van der Waals surface area contributed by atoms with Gasteiger partial charge in [-0.3, -0.25) is 0 Å². The summed E-state index contributed by atoms with van der Waals surface area (Å²) in [5.41, 5.74) is 0.765. The molecule has 0 unspecified atom stereocenters. The number of halogens is 1. The van der Waals surface area contributed by atoms with Gasteiger partial charge in [-0.2, -0.15) is 0 Å². The number of phenols is 1. The van der Waals surface area contributed by atoms with Crippen molar-refractivity contribution in [1.82, 2.24) is 5.32 Å². The SMILES string of the molecule is CCNCc1c(O)cccc1Cl. The molecule has 1 aromatic rings. The molecule has 1 rings (SSSR count). The summed E-state index contributed by atoms with van der Waals surface area (Å²) in [6.07, 6.45) is 0.